The van der Waals surface area contributed by atoms with E-state index in [1.807, 2.05) is 6.07 Å². The van der Waals surface area contributed by atoms with Crippen molar-refractivity contribution in [1.29, 1.82) is 0 Å². The molecule has 0 spiro atoms. The van der Waals surface area contributed by atoms with Gasteiger partial charge in [0.15, 0.2) is 0 Å². The second kappa shape index (κ2) is 5.51. The van der Waals surface area contributed by atoms with E-state index < -0.39 is 0 Å². The molecule has 0 saturated heterocycles. The van der Waals surface area contributed by atoms with E-state index in [4.69, 9.17) is 11.6 Å². The summed E-state index contributed by atoms with van der Waals surface area (Å²) in [6.07, 6.45) is 2.02. The van der Waals surface area contributed by atoms with Crippen molar-refractivity contribution in [3.63, 3.8) is 0 Å². The third-order valence-electron chi connectivity index (χ3n) is 1.91. The van der Waals surface area contributed by atoms with Crippen LogP contribution < -0.4 is 0 Å². The summed E-state index contributed by atoms with van der Waals surface area (Å²) < 4.78 is 0. The van der Waals surface area contributed by atoms with Crippen molar-refractivity contribution in [1.82, 2.24) is 0 Å². The van der Waals surface area contributed by atoms with E-state index in [0.29, 0.717) is 11.6 Å². The van der Waals surface area contributed by atoms with Gasteiger partial charge in [-0.3, -0.25) is 0 Å². The molecule has 0 bridgehead atoms. The van der Waals surface area contributed by atoms with E-state index in [0.717, 1.165) is 29.3 Å². The molecule has 0 aliphatic carbocycles. The van der Waals surface area contributed by atoms with Crippen LogP contribution in [0.4, 0.5) is 0 Å². The Balaban J connectivity index is 2.81. The van der Waals surface area contributed by atoms with Gasteiger partial charge < -0.3 is 5.11 Å². The Hall–Kier alpha value is -0.210. The van der Waals surface area contributed by atoms with Crippen molar-refractivity contribution in [3.8, 4) is 5.75 Å². The molecule has 1 aromatic rings. The maximum atomic E-state index is 9.28. The fraction of sp³-hybridized carbons (Fsp3) is 0.400. The van der Waals surface area contributed by atoms with Crippen LogP contribution in [0.5, 0.6) is 5.75 Å². The zero-order chi connectivity index (χ0) is 9.68. The molecule has 13 heavy (non-hydrogen) atoms. The maximum Gasteiger partial charge on any atom is 0.115 e. The predicted octanol–water partition coefficient (Wildman–Crippen LogP) is 3.46. The smallest absolute Gasteiger partial charge is 0.115 e. The van der Waals surface area contributed by atoms with Crippen LogP contribution in [0.1, 0.15) is 17.5 Å². The predicted molar refractivity (Wildman–Crippen MR) is 59.8 cm³/mol. The van der Waals surface area contributed by atoms with Crippen LogP contribution in [0.3, 0.4) is 0 Å². The summed E-state index contributed by atoms with van der Waals surface area (Å²) in [4.78, 5) is 0. The van der Waals surface area contributed by atoms with Gasteiger partial charge in [0, 0.05) is 11.2 Å². The van der Waals surface area contributed by atoms with Gasteiger partial charge >= 0.3 is 0 Å². The van der Waals surface area contributed by atoms with Gasteiger partial charge in [-0.1, -0.05) is 22.0 Å². The summed E-state index contributed by atoms with van der Waals surface area (Å²) in [7, 11) is 0. The Morgan fingerprint density at radius 3 is 2.69 bits per heavy atom. The van der Waals surface area contributed by atoms with Gasteiger partial charge in [-0.25, -0.2) is 0 Å². The molecule has 1 rings (SSSR count). The molecule has 1 aromatic carbocycles. The number of phenols is 1. The zero-order valence-electron chi connectivity index (χ0n) is 7.26. The Kier molecular flexibility index (Phi) is 4.60. The van der Waals surface area contributed by atoms with E-state index in [1.54, 1.807) is 12.1 Å². The van der Waals surface area contributed by atoms with Crippen molar-refractivity contribution >= 4 is 27.5 Å². The molecule has 0 aliphatic heterocycles. The molecular formula is C10H12BrClO. The van der Waals surface area contributed by atoms with Gasteiger partial charge in [-0.2, -0.15) is 0 Å². The maximum absolute atomic E-state index is 9.28. The van der Waals surface area contributed by atoms with Gasteiger partial charge in [-0.05, 0) is 36.1 Å². The molecule has 0 saturated carbocycles. The molecule has 0 amide bonds. The van der Waals surface area contributed by atoms with E-state index >= 15 is 0 Å². The Morgan fingerprint density at radius 2 is 2.08 bits per heavy atom. The number of phenolic OH excluding ortho intramolecular Hbond substituents is 1. The topological polar surface area (TPSA) is 20.2 Å². The first-order valence-corrected chi connectivity index (χ1v) is 5.86. The first-order chi connectivity index (χ1) is 6.27. The van der Waals surface area contributed by atoms with Crippen LogP contribution in [-0.4, -0.2) is 10.4 Å². The highest BCUT2D eigenvalue weighted by Gasteiger charge is 2.02. The molecule has 72 valence electrons. The molecule has 1 nitrogen and oxygen atoms in total. The summed E-state index contributed by atoms with van der Waals surface area (Å²) in [6, 6.07) is 5.35. The van der Waals surface area contributed by atoms with Gasteiger partial charge in [0.1, 0.15) is 5.75 Å². The van der Waals surface area contributed by atoms with Crippen molar-refractivity contribution in [3.05, 3.63) is 29.3 Å². The average molecular weight is 264 g/mol. The highest BCUT2D eigenvalue weighted by molar-refractivity contribution is 9.09. The second-order valence-corrected chi connectivity index (χ2v) is 3.94. The second-order valence-electron chi connectivity index (χ2n) is 2.88. The van der Waals surface area contributed by atoms with E-state index in [1.165, 1.54) is 0 Å². The lowest BCUT2D eigenvalue weighted by Crippen LogP contribution is -1.92. The van der Waals surface area contributed by atoms with Crippen LogP contribution in [0.2, 0.25) is 0 Å². The van der Waals surface area contributed by atoms with Gasteiger partial charge in [0.25, 0.3) is 0 Å². The molecule has 0 heterocycles. The fourth-order valence-electron chi connectivity index (χ4n) is 1.23. The minimum atomic E-state index is 0.318. The number of hydrogen-bond donors (Lipinski definition) is 1. The monoisotopic (exact) mass is 262 g/mol. The average Bonchev–Trinajstić information content (AvgIpc) is 2.15. The van der Waals surface area contributed by atoms with E-state index in [2.05, 4.69) is 15.9 Å². The van der Waals surface area contributed by atoms with Crippen LogP contribution in [0, 0.1) is 0 Å². The highest BCUT2D eigenvalue weighted by Crippen LogP contribution is 2.19. The third-order valence-corrected chi connectivity index (χ3v) is 2.76. The molecule has 0 unspecified atom stereocenters. The van der Waals surface area contributed by atoms with Crippen molar-refractivity contribution in [2.45, 2.75) is 18.7 Å². The van der Waals surface area contributed by atoms with E-state index in [-0.39, 0.29) is 0 Å². The van der Waals surface area contributed by atoms with Gasteiger partial charge in [-0.15, -0.1) is 11.6 Å². The lowest BCUT2D eigenvalue weighted by Gasteiger charge is -2.06. The quantitative estimate of drug-likeness (QED) is 0.825. The SMILES string of the molecule is Oc1ccc(CCl)c(CCCBr)c1. The summed E-state index contributed by atoms with van der Waals surface area (Å²) in [6.45, 7) is 0. The fourth-order valence-corrected chi connectivity index (χ4v) is 1.77. The van der Waals surface area contributed by atoms with Gasteiger partial charge in [0.2, 0.25) is 0 Å². The van der Waals surface area contributed by atoms with Crippen molar-refractivity contribution in [2.24, 2.45) is 0 Å². The van der Waals surface area contributed by atoms with E-state index in [9.17, 15) is 5.11 Å². The number of rotatable bonds is 4. The highest BCUT2D eigenvalue weighted by atomic mass is 79.9. The minimum absolute atomic E-state index is 0.318. The minimum Gasteiger partial charge on any atom is -0.508 e. The Morgan fingerprint density at radius 1 is 1.31 bits per heavy atom. The first kappa shape index (κ1) is 10.9. The number of alkyl halides is 2. The van der Waals surface area contributed by atoms with Crippen molar-refractivity contribution in [2.75, 3.05) is 5.33 Å². The molecular weight excluding hydrogens is 251 g/mol. The molecule has 1 N–H and O–H groups in total. The molecule has 0 aromatic heterocycles. The van der Waals surface area contributed by atoms with Gasteiger partial charge in [0.05, 0.1) is 0 Å². The van der Waals surface area contributed by atoms with Crippen LogP contribution in [0.25, 0.3) is 0 Å². The third kappa shape index (κ3) is 3.20. The molecule has 0 atom stereocenters. The number of hydrogen-bond acceptors (Lipinski definition) is 1. The number of benzene rings is 1. The molecule has 0 radical (unpaired) electrons. The molecule has 3 heteroatoms. The molecule has 0 aliphatic rings. The lowest BCUT2D eigenvalue weighted by atomic mass is 10.0. The number of aromatic hydroxyl groups is 1. The van der Waals surface area contributed by atoms with Crippen LogP contribution >= 0.6 is 27.5 Å². The Labute approximate surface area is 91.9 Å². The van der Waals surface area contributed by atoms with Crippen molar-refractivity contribution < 1.29 is 5.11 Å². The Bertz CT molecular complexity index is 276. The normalized spacial score (nSPS) is 10.3. The first-order valence-electron chi connectivity index (χ1n) is 4.20. The van der Waals surface area contributed by atoms with Crippen LogP contribution in [0.15, 0.2) is 18.2 Å². The molecule has 0 fully saturated rings. The summed E-state index contributed by atoms with van der Waals surface area (Å²) in [5.74, 6) is 0.830. The zero-order valence-corrected chi connectivity index (χ0v) is 9.61. The summed E-state index contributed by atoms with van der Waals surface area (Å²) in [5.41, 5.74) is 2.26. The standard InChI is InChI=1S/C10H12BrClO/c11-5-1-2-8-6-10(13)4-3-9(8)7-12/h3-4,6,13H,1-2,5,7H2. The lowest BCUT2D eigenvalue weighted by molar-refractivity contribution is 0.474. The number of halogens is 2. The van der Waals surface area contributed by atoms with Crippen LogP contribution in [-0.2, 0) is 12.3 Å². The number of aryl methyl sites for hydroxylation is 1. The largest absolute Gasteiger partial charge is 0.508 e. The summed E-state index contributed by atoms with van der Waals surface area (Å²) in [5, 5.41) is 10.3. The summed E-state index contributed by atoms with van der Waals surface area (Å²) >= 11 is 9.15.